The van der Waals surface area contributed by atoms with Crippen LogP contribution in [0.5, 0.6) is 5.75 Å². The Labute approximate surface area is 165 Å². The van der Waals surface area contributed by atoms with E-state index in [-0.39, 0.29) is 24.0 Å². The van der Waals surface area contributed by atoms with Gasteiger partial charge in [0, 0.05) is 26.3 Å². The third kappa shape index (κ3) is 11.9. The second-order valence-corrected chi connectivity index (χ2v) is 5.02. The third-order valence-corrected chi connectivity index (χ3v) is 3.00. The molecule has 0 radical (unpaired) electrons. The summed E-state index contributed by atoms with van der Waals surface area (Å²) < 4.78 is 34.7. The smallest absolute Gasteiger partial charge is 0.272 e. The molecule has 0 heterocycles. The molecule has 8 heteroatoms. The van der Waals surface area contributed by atoms with E-state index in [4.69, 9.17) is 9.47 Å². The highest BCUT2D eigenvalue weighted by atomic mass is 127. The summed E-state index contributed by atoms with van der Waals surface area (Å²) in [6.07, 6.45) is -1.58. The maximum absolute atomic E-state index is 12.2. The van der Waals surface area contributed by atoms with E-state index >= 15 is 0 Å². The molecule has 144 valence electrons. The van der Waals surface area contributed by atoms with Gasteiger partial charge in [0.1, 0.15) is 12.4 Å². The molecule has 1 aromatic carbocycles. The summed E-state index contributed by atoms with van der Waals surface area (Å²) in [5.74, 6) is 1.14. The summed E-state index contributed by atoms with van der Waals surface area (Å²) in [6.45, 7) is 6.76. The number of alkyl halides is 2. The molecule has 0 aliphatic rings. The maximum atomic E-state index is 12.2. The van der Waals surface area contributed by atoms with Crippen molar-refractivity contribution >= 4 is 29.9 Å². The van der Waals surface area contributed by atoms with Gasteiger partial charge in [-0.15, -0.1) is 24.0 Å². The third-order valence-electron chi connectivity index (χ3n) is 3.00. The molecule has 0 aliphatic carbocycles. The number of benzene rings is 1. The first kappa shape index (κ1) is 23.8. The number of guanidine groups is 1. The molecule has 0 spiro atoms. The van der Waals surface area contributed by atoms with Crippen molar-refractivity contribution in [3.8, 4) is 5.75 Å². The van der Waals surface area contributed by atoms with Gasteiger partial charge in [-0.2, -0.15) is 0 Å². The topological polar surface area (TPSA) is 54.9 Å². The summed E-state index contributed by atoms with van der Waals surface area (Å²) >= 11 is 0. The van der Waals surface area contributed by atoms with Crippen molar-refractivity contribution in [3.63, 3.8) is 0 Å². The lowest BCUT2D eigenvalue weighted by Crippen LogP contribution is -2.38. The number of aliphatic imine (C=N–C) groups is 1. The molecule has 0 atom stereocenters. The normalized spacial score (nSPS) is 11.2. The van der Waals surface area contributed by atoms with Crippen molar-refractivity contribution < 1.29 is 18.3 Å². The predicted molar refractivity (Wildman–Crippen MR) is 107 cm³/mol. The Kier molecular flexibility index (Phi) is 14.4. The van der Waals surface area contributed by atoms with Crippen molar-refractivity contribution in [2.45, 2.75) is 33.2 Å². The van der Waals surface area contributed by atoms with Crippen LogP contribution in [0.2, 0.25) is 0 Å². The fourth-order valence-corrected chi connectivity index (χ4v) is 1.93. The quantitative estimate of drug-likeness (QED) is 0.225. The van der Waals surface area contributed by atoms with Gasteiger partial charge in [-0.1, -0.05) is 12.1 Å². The Morgan fingerprint density at radius 1 is 1.24 bits per heavy atom. The van der Waals surface area contributed by atoms with E-state index in [1.165, 1.54) is 0 Å². The molecule has 1 rings (SSSR count). The fourth-order valence-electron chi connectivity index (χ4n) is 1.93. The van der Waals surface area contributed by atoms with Crippen molar-refractivity contribution in [3.05, 3.63) is 29.8 Å². The van der Waals surface area contributed by atoms with Crippen LogP contribution in [0.3, 0.4) is 0 Å². The summed E-state index contributed by atoms with van der Waals surface area (Å²) in [6, 6.07) is 7.04. The van der Waals surface area contributed by atoms with Gasteiger partial charge in [0.2, 0.25) is 0 Å². The van der Waals surface area contributed by atoms with Crippen LogP contribution >= 0.6 is 24.0 Å². The molecule has 5 nitrogen and oxygen atoms in total. The molecule has 0 saturated carbocycles. The van der Waals surface area contributed by atoms with Crippen molar-refractivity contribution in [1.82, 2.24) is 10.6 Å². The number of halogens is 3. The van der Waals surface area contributed by atoms with Gasteiger partial charge in [0.25, 0.3) is 6.43 Å². The fraction of sp³-hybridized carbons (Fsp3) is 0.588. The van der Waals surface area contributed by atoms with Crippen LogP contribution in [-0.4, -0.2) is 45.3 Å². The average Bonchev–Trinajstić information content (AvgIpc) is 2.58. The lowest BCUT2D eigenvalue weighted by atomic mass is 10.2. The molecule has 0 amide bonds. The van der Waals surface area contributed by atoms with Crippen molar-refractivity contribution in [2.24, 2.45) is 4.99 Å². The molecule has 0 aromatic heterocycles. The van der Waals surface area contributed by atoms with Gasteiger partial charge in [0.15, 0.2) is 5.96 Å². The zero-order valence-corrected chi connectivity index (χ0v) is 17.1. The zero-order chi connectivity index (χ0) is 17.6. The van der Waals surface area contributed by atoms with Gasteiger partial charge >= 0.3 is 0 Å². The molecular formula is C17H28F2IN3O2. The number of ether oxygens (including phenoxy) is 2. The highest BCUT2D eigenvalue weighted by Crippen LogP contribution is 2.14. The van der Waals surface area contributed by atoms with E-state index in [0.717, 1.165) is 31.7 Å². The monoisotopic (exact) mass is 471 g/mol. The van der Waals surface area contributed by atoms with Gasteiger partial charge in [-0.05, 0) is 38.0 Å². The molecule has 0 fully saturated rings. The molecule has 25 heavy (non-hydrogen) atoms. The SMILES string of the molecule is CCNC(=NCc1cccc(OCC(F)F)c1)NCCCOCC.I. The minimum Gasteiger partial charge on any atom is -0.488 e. The van der Waals surface area contributed by atoms with Crippen LogP contribution in [-0.2, 0) is 11.3 Å². The highest BCUT2D eigenvalue weighted by Gasteiger charge is 2.04. The summed E-state index contributed by atoms with van der Waals surface area (Å²) in [7, 11) is 0. The molecule has 2 N–H and O–H groups in total. The predicted octanol–water partition coefficient (Wildman–Crippen LogP) is 3.43. The average molecular weight is 471 g/mol. The Bertz CT molecular complexity index is 491. The maximum Gasteiger partial charge on any atom is 0.272 e. The molecular weight excluding hydrogens is 443 g/mol. The van der Waals surface area contributed by atoms with Crippen molar-refractivity contribution in [1.29, 1.82) is 0 Å². The van der Waals surface area contributed by atoms with Crippen LogP contribution in [0.25, 0.3) is 0 Å². The van der Waals surface area contributed by atoms with E-state index in [1.54, 1.807) is 18.2 Å². The van der Waals surface area contributed by atoms with Crippen LogP contribution in [0.1, 0.15) is 25.8 Å². The number of hydrogen-bond acceptors (Lipinski definition) is 3. The van der Waals surface area contributed by atoms with Crippen LogP contribution in [0.4, 0.5) is 8.78 Å². The molecule has 0 aliphatic heterocycles. The van der Waals surface area contributed by atoms with Crippen molar-refractivity contribution in [2.75, 3.05) is 32.9 Å². The lowest BCUT2D eigenvalue weighted by Gasteiger charge is -2.11. The lowest BCUT2D eigenvalue weighted by molar-refractivity contribution is 0.0818. The van der Waals surface area contributed by atoms with Gasteiger partial charge in [-0.3, -0.25) is 0 Å². The standard InChI is InChI=1S/C17H27F2N3O2.HI/c1-3-20-17(21-9-6-10-23-4-2)22-12-14-7-5-8-15(11-14)24-13-16(18)19;/h5,7-8,11,16H,3-4,6,9-10,12-13H2,1-2H3,(H2,20,21,22);1H. The van der Waals surface area contributed by atoms with Gasteiger partial charge in [0.05, 0.1) is 6.54 Å². The molecule has 1 aromatic rings. The summed E-state index contributed by atoms with van der Waals surface area (Å²) in [4.78, 5) is 4.49. The number of rotatable bonds is 11. The van der Waals surface area contributed by atoms with E-state index in [0.29, 0.717) is 24.9 Å². The Hall–Kier alpha value is -1.16. The Morgan fingerprint density at radius 2 is 2.04 bits per heavy atom. The number of nitrogens with zero attached hydrogens (tertiary/aromatic N) is 1. The summed E-state index contributed by atoms with van der Waals surface area (Å²) in [5.41, 5.74) is 0.897. The Balaban J connectivity index is 0.00000576. The second kappa shape index (κ2) is 15.1. The molecule has 0 saturated heterocycles. The largest absolute Gasteiger partial charge is 0.488 e. The van der Waals surface area contributed by atoms with Crippen LogP contribution in [0, 0.1) is 0 Å². The minimum absolute atomic E-state index is 0. The second-order valence-electron chi connectivity index (χ2n) is 5.02. The first-order chi connectivity index (χ1) is 11.7. The number of nitrogens with one attached hydrogen (secondary N) is 2. The molecule has 0 bridgehead atoms. The van der Waals surface area contributed by atoms with Gasteiger partial charge < -0.3 is 20.1 Å². The number of hydrogen-bond donors (Lipinski definition) is 2. The van der Waals surface area contributed by atoms with Crippen LogP contribution < -0.4 is 15.4 Å². The van der Waals surface area contributed by atoms with E-state index in [9.17, 15) is 8.78 Å². The zero-order valence-electron chi connectivity index (χ0n) is 14.8. The van der Waals surface area contributed by atoms with E-state index < -0.39 is 13.0 Å². The Morgan fingerprint density at radius 3 is 2.72 bits per heavy atom. The van der Waals surface area contributed by atoms with Crippen LogP contribution in [0.15, 0.2) is 29.3 Å². The van der Waals surface area contributed by atoms with Gasteiger partial charge in [-0.25, -0.2) is 13.8 Å². The van der Waals surface area contributed by atoms with E-state index in [1.807, 2.05) is 19.9 Å². The van der Waals surface area contributed by atoms with E-state index in [2.05, 4.69) is 15.6 Å². The first-order valence-electron chi connectivity index (χ1n) is 8.25. The highest BCUT2D eigenvalue weighted by molar-refractivity contribution is 14.0. The molecule has 0 unspecified atom stereocenters. The minimum atomic E-state index is -2.48. The first-order valence-corrected chi connectivity index (χ1v) is 8.25. The summed E-state index contributed by atoms with van der Waals surface area (Å²) in [5, 5.41) is 6.40.